The standard InChI is InChI=1S/C35H31BrClN5O2S/c1-21-9-8-13-27(17-21)39-33(43)31-23(3)38-34-40-35(45-20-25-12-6-7-14-29(25)37)41-42(34)32(31)28-18-26(36)15-16-30(28)44-19-24-11-5-4-10-22(24)2/h4-18,32H,19-20H2,1-3H3,(H,39,43)(H,38,40,41). The van der Waals surface area contributed by atoms with E-state index < -0.39 is 6.04 Å². The van der Waals surface area contributed by atoms with Gasteiger partial charge in [0.15, 0.2) is 0 Å². The van der Waals surface area contributed by atoms with Crippen LogP contribution in [-0.2, 0) is 17.2 Å². The molecule has 1 atom stereocenters. The number of allylic oxidation sites excluding steroid dienone is 1. The van der Waals surface area contributed by atoms with E-state index in [0.717, 1.165) is 32.3 Å². The highest BCUT2D eigenvalue weighted by molar-refractivity contribution is 9.10. The van der Waals surface area contributed by atoms with Crippen LogP contribution >= 0.6 is 39.3 Å². The number of amides is 1. The highest BCUT2D eigenvalue weighted by Crippen LogP contribution is 2.42. The van der Waals surface area contributed by atoms with Gasteiger partial charge in [0.1, 0.15) is 18.4 Å². The summed E-state index contributed by atoms with van der Waals surface area (Å²) < 4.78 is 9.10. The quantitative estimate of drug-likeness (QED) is 0.149. The van der Waals surface area contributed by atoms with Crippen LogP contribution in [-0.4, -0.2) is 20.7 Å². The second-order valence-electron chi connectivity index (χ2n) is 10.8. The Bertz CT molecular complexity index is 1920. The molecule has 1 aliphatic rings. The molecule has 0 saturated heterocycles. The maximum absolute atomic E-state index is 14.1. The van der Waals surface area contributed by atoms with Crippen LogP contribution in [0.5, 0.6) is 5.75 Å². The van der Waals surface area contributed by atoms with E-state index in [1.54, 1.807) is 4.68 Å². The minimum Gasteiger partial charge on any atom is -0.489 e. The van der Waals surface area contributed by atoms with Crippen LogP contribution in [0, 0.1) is 13.8 Å². The highest BCUT2D eigenvalue weighted by atomic mass is 79.9. The summed E-state index contributed by atoms with van der Waals surface area (Å²) >= 11 is 11.6. The lowest BCUT2D eigenvalue weighted by atomic mass is 9.94. The number of thioether (sulfide) groups is 1. The van der Waals surface area contributed by atoms with Crippen molar-refractivity contribution in [2.24, 2.45) is 0 Å². The van der Waals surface area contributed by atoms with Crippen molar-refractivity contribution in [3.05, 3.63) is 140 Å². The van der Waals surface area contributed by atoms with Gasteiger partial charge >= 0.3 is 0 Å². The van der Waals surface area contributed by atoms with Gasteiger partial charge in [-0.25, -0.2) is 4.68 Å². The fraction of sp³-hybridized carbons (Fsp3) is 0.171. The number of benzene rings is 4. The van der Waals surface area contributed by atoms with Gasteiger partial charge < -0.3 is 15.4 Å². The SMILES string of the molecule is CC1=C(C(=O)Nc2cccc(C)c2)C(c2cc(Br)ccc2OCc2ccccc2C)n2nc(SCc3ccccc3Cl)nc2N1. The van der Waals surface area contributed by atoms with Crippen molar-refractivity contribution in [2.75, 3.05) is 10.6 Å². The topological polar surface area (TPSA) is 81.1 Å². The first kappa shape index (κ1) is 31.0. The minimum absolute atomic E-state index is 0.244. The molecule has 1 aliphatic heterocycles. The predicted molar refractivity (Wildman–Crippen MR) is 185 cm³/mol. The summed E-state index contributed by atoms with van der Waals surface area (Å²) in [5, 5.41) is 12.6. The van der Waals surface area contributed by atoms with Gasteiger partial charge in [0.2, 0.25) is 11.1 Å². The zero-order valence-corrected chi connectivity index (χ0v) is 28.1. The molecule has 0 spiro atoms. The minimum atomic E-state index is -0.627. The molecule has 0 saturated carbocycles. The molecule has 10 heteroatoms. The van der Waals surface area contributed by atoms with E-state index in [-0.39, 0.29) is 5.91 Å². The lowest BCUT2D eigenvalue weighted by Crippen LogP contribution is -2.31. The lowest BCUT2D eigenvalue weighted by Gasteiger charge is -2.30. The molecule has 1 aromatic heterocycles. The molecule has 6 rings (SSSR count). The van der Waals surface area contributed by atoms with Crippen LogP contribution < -0.4 is 15.4 Å². The number of rotatable bonds is 9. The van der Waals surface area contributed by atoms with Crippen LogP contribution in [0.2, 0.25) is 5.02 Å². The third-order valence-corrected chi connectivity index (χ3v) is 9.33. The van der Waals surface area contributed by atoms with E-state index in [1.807, 2.05) is 92.7 Å². The molecule has 45 heavy (non-hydrogen) atoms. The maximum Gasteiger partial charge on any atom is 0.255 e. The van der Waals surface area contributed by atoms with Crippen LogP contribution in [0.1, 0.15) is 40.8 Å². The molecule has 2 N–H and O–H groups in total. The Morgan fingerprint density at radius 3 is 2.56 bits per heavy atom. The number of carbonyl (C=O) groups excluding carboxylic acids is 1. The molecule has 4 aromatic carbocycles. The number of aryl methyl sites for hydroxylation is 2. The van der Waals surface area contributed by atoms with Crippen molar-refractivity contribution in [1.82, 2.24) is 14.8 Å². The summed E-state index contributed by atoms with van der Waals surface area (Å²) in [5.41, 5.74) is 6.95. The monoisotopic (exact) mass is 699 g/mol. The molecule has 1 unspecified atom stereocenters. The number of carbonyl (C=O) groups is 1. The van der Waals surface area contributed by atoms with Gasteiger partial charge in [-0.15, -0.1) is 5.10 Å². The Balaban J connectivity index is 1.40. The number of nitrogens with zero attached hydrogens (tertiary/aromatic N) is 3. The number of nitrogens with one attached hydrogen (secondary N) is 2. The van der Waals surface area contributed by atoms with Crippen LogP contribution in [0.25, 0.3) is 0 Å². The first-order chi connectivity index (χ1) is 21.8. The smallest absolute Gasteiger partial charge is 0.255 e. The molecule has 2 heterocycles. The summed E-state index contributed by atoms with van der Waals surface area (Å²) in [6.07, 6.45) is 0. The fourth-order valence-corrected chi connectivity index (χ4v) is 6.74. The van der Waals surface area contributed by atoms with Crippen LogP contribution in [0.4, 0.5) is 11.6 Å². The van der Waals surface area contributed by atoms with Crippen molar-refractivity contribution in [3.8, 4) is 5.75 Å². The van der Waals surface area contributed by atoms with Crippen molar-refractivity contribution >= 4 is 56.8 Å². The van der Waals surface area contributed by atoms with Gasteiger partial charge in [-0.1, -0.05) is 93.9 Å². The third-order valence-electron chi connectivity index (χ3n) is 7.58. The normalized spacial score (nSPS) is 14.1. The van der Waals surface area contributed by atoms with Crippen molar-refractivity contribution in [1.29, 1.82) is 0 Å². The molecule has 0 radical (unpaired) electrons. The predicted octanol–water partition coefficient (Wildman–Crippen LogP) is 9.11. The fourth-order valence-electron chi connectivity index (χ4n) is 5.25. The van der Waals surface area contributed by atoms with E-state index in [1.165, 1.54) is 11.8 Å². The Labute approximate surface area is 280 Å². The summed E-state index contributed by atoms with van der Waals surface area (Å²) in [5.74, 6) is 1.54. The van der Waals surface area contributed by atoms with Crippen molar-refractivity contribution in [3.63, 3.8) is 0 Å². The van der Waals surface area contributed by atoms with E-state index in [9.17, 15) is 4.79 Å². The molecule has 5 aromatic rings. The molecular formula is C35H31BrClN5O2S. The zero-order valence-electron chi connectivity index (χ0n) is 25.0. The van der Waals surface area contributed by atoms with E-state index >= 15 is 0 Å². The number of halogens is 2. The Hall–Kier alpha value is -4.05. The number of hydrogen-bond acceptors (Lipinski definition) is 6. The van der Waals surface area contributed by atoms with Gasteiger partial charge in [0.05, 0.1) is 5.57 Å². The van der Waals surface area contributed by atoms with E-state index in [4.69, 9.17) is 26.4 Å². The average molecular weight is 701 g/mol. The number of hydrogen-bond donors (Lipinski definition) is 2. The van der Waals surface area contributed by atoms with Gasteiger partial charge in [-0.3, -0.25) is 4.79 Å². The second-order valence-corrected chi connectivity index (χ2v) is 13.1. The molecule has 228 valence electrons. The number of ether oxygens (including phenoxy) is 1. The van der Waals surface area contributed by atoms with Crippen LogP contribution in [0.15, 0.2) is 112 Å². The summed E-state index contributed by atoms with van der Waals surface area (Å²) in [6, 6.07) is 28.8. The van der Waals surface area contributed by atoms with Crippen molar-refractivity contribution < 1.29 is 9.53 Å². The summed E-state index contributed by atoms with van der Waals surface area (Å²) in [7, 11) is 0. The first-order valence-electron chi connectivity index (χ1n) is 14.4. The molecular weight excluding hydrogens is 670 g/mol. The summed E-state index contributed by atoms with van der Waals surface area (Å²) in [6.45, 7) is 6.33. The molecule has 0 aliphatic carbocycles. The molecule has 7 nitrogen and oxygen atoms in total. The average Bonchev–Trinajstić information content (AvgIpc) is 3.42. The molecule has 0 fully saturated rings. The van der Waals surface area contributed by atoms with E-state index in [2.05, 4.69) is 45.6 Å². The third kappa shape index (κ3) is 6.96. The zero-order chi connectivity index (χ0) is 31.5. The number of aromatic nitrogens is 3. The Morgan fingerprint density at radius 1 is 1.00 bits per heavy atom. The molecule has 0 bridgehead atoms. The Kier molecular flexibility index (Phi) is 9.30. The van der Waals surface area contributed by atoms with Crippen molar-refractivity contribution in [2.45, 2.75) is 44.3 Å². The highest BCUT2D eigenvalue weighted by Gasteiger charge is 2.36. The largest absolute Gasteiger partial charge is 0.489 e. The van der Waals surface area contributed by atoms with Gasteiger partial charge in [0.25, 0.3) is 5.91 Å². The number of fused-ring (bicyclic) bond motifs is 1. The van der Waals surface area contributed by atoms with Gasteiger partial charge in [-0.2, -0.15) is 4.98 Å². The number of anilines is 2. The Morgan fingerprint density at radius 2 is 1.78 bits per heavy atom. The summed E-state index contributed by atoms with van der Waals surface area (Å²) in [4.78, 5) is 18.9. The van der Waals surface area contributed by atoms with Gasteiger partial charge in [0, 0.05) is 32.2 Å². The van der Waals surface area contributed by atoms with E-state index in [0.29, 0.717) is 51.2 Å². The maximum atomic E-state index is 14.1. The van der Waals surface area contributed by atoms with Crippen LogP contribution in [0.3, 0.4) is 0 Å². The second kappa shape index (κ2) is 13.5. The first-order valence-corrected chi connectivity index (χ1v) is 16.6. The lowest BCUT2D eigenvalue weighted by molar-refractivity contribution is -0.113. The molecule has 1 amide bonds. The van der Waals surface area contributed by atoms with Gasteiger partial charge in [-0.05, 0) is 79.4 Å².